The molecule has 0 radical (unpaired) electrons. The van der Waals surface area contributed by atoms with Gasteiger partial charge >= 0.3 is 0 Å². The number of nitrogens with zero attached hydrogens (tertiary/aromatic N) is 4. The molecule has 2 aromatic heterocycles. The molecule has 1 saturated carbocycles. The molecule has 7 nitrogen and oxygen atoms in total. The van der Waals surface area contributed by atoms with Gasteiger partial charge < -0.3 is 20.1 Å². The second-order valence-electron chi connectivity index (χ2n) is 4.82. The number of ether oxygens (including phenoxy) is 1. The summed E-state index contributed by atoms with van der Waals surface area (Å²) in [6.45, 7) is 2.79. The largest absolute Gasteiger partial charge is 0.492 e. The zero-order valence-electron chi connectivity index (χ0n) is 10.3. The fraction of sp³-hybridized carbons (Fsp3) is 0.545. The van der Waals surface area contributed by atoms with Gasteiger partial charge in [0.05, 0.1) is 18.5 Å². The van der Waals surface area contributed by atoms with Crippen molar-refractivity contribution < 1.29 is 9.84 Å². The molecule has 3 N–H and O–H groups in total. The van der Waals surface area contributed by atoms with Gasteiger partial charge in [-0.25, -0.2) is 4.98 Å². The molecule has 0 amide bonds. The van der Waals surface area contributed by atoms with Crippen LogP contribution in [0.5, 0.6) is 5.88 Å². The molecule has 0 saturated heterocycles. The Kier molecular flexibility index (Phi) is 2.21. The molecule has 0 aromatic carbocycles. The molecular formula is C11H15N5O2. The van der Waals surface area contributed by atoms with E-state index in [1.807, 2.05) is 4.57 Å². The summed E-state index contributed by atoms with van der Waals surface area (Å²) in [5, 5.41) is 9.65. The van der Waals surface area contributed by atoms with Crippen LogP contribution in [0.15, 0.2) is 6.33 Å². The van der Waals surface area contributed by atoms with E-state index in [1.165, 1.54) is 0 Å². The van der Waals surface area contributed by atoms with Gasteiger partial charge in [-0.05, 0) is 12.3 Å². The van der Waals surface area contributed by atoms with Crippen molar-refractivity contribution in [2.75, 3.05) is 12.8 Å². The van der Waals surface area contributed by atoms with Gasteiger partial charge in [-0.15, -0.1) is 0 Å². The molecule has 3 rings (SSSR count). The van der Waals surface area contributed by atoms with E-state index in [0.29, 0.717) is 23.6 Å². The van der Waals surface area contributed by atoms with Crippen molar-refractivity contribution in [3.05, 3.63) is 6.33 Å². The molecule has 2 atom stereocenters. The quantitative estimate of drug-likeness (QED) is 0.823. The van der Waals surface area contributed by atoms with Crippen LogP contribution in [0.25, 0.3) is 11.2 Å². The second kappa shape index (κ2) is 3.55. The van der Waals surface area contributed by atoms with Gasteiger partial charge in [-0.1, -0.05) is 6.92 Å². The van der Waals surface area contributed by atoms with Gasteiger partial charge in [-0.2, -0.15) is 9.97 Å². The fourth-order valence-electron chi connectivity index (χ4n) is 2.38. The molecule has 0 bridgehead atoms. The third-order valence-corrected chi connectivity index (χ3v) is 3.70. The zero-order valence-corrected chi connectivity index (χ0v) is 10.3. The van der Waals surface area contributed by atoms with Gasteiger partial charge in [-0.3, -0.25) is 0 Å². The number of aromatic hydroxyl groups is 1. The maximum absolute atomic E-state index is 9.65. The number of hydrogen-bond acceptors (Lipinski definition) is 6. The number of anilines is 1. The molecule has 1 aliphatic rings. The average molecular weight is 249 g/mol. The highest BCUT2D eigenvalue weighted by atomic mass is 16.5. The summed E-state index contributed by atoms with van der Waals surface area (Å²) >= 11 is 0. The van der Waals surface area contributed by atoms with E-state index in [1.54, 1.807) is 13.4 Å². The highest BCUT2D eigenvalue weighted by Gasteiger charge is 2.52. The van der Waals surface area contributed by atoms with E-state index >= 15 is 0 Å². The Labute approximate surface area is 104 Å². The van der Waals surface area contributed by atoms with Crippen LogP contribution in [0.2, 0.25) is 0 Å². The van der Waals surface area contributed by atoms with Crippen LogP contribution in [-0.2, 0) is 11.3 Å². The maximum atomic E-state index is 9.65. The minimum atomic E-state index is -0.188. The molecule has 0 spiro atoms. The van der Waals surface area contributed by atoms with Crippen LogP contribution in [0.3, 0.4) is 0 Å². The lowest BCUT2D eigenvalue weighted by Gasteiger charge is -2.15. The van der Waals surface area contributed by atoms with Gasteiger partial charge in [0, 0.05) is 7.11 Å². The van der Waals surface area contributed by atoms with Crippen LogP contribution in [-0.4, -0.2) is 37.3 Å². The lowest BCUT2D eigenvalue weighted by atomic mass is 10.2. The number of imidazole rings is 1. The Bertz CT molecular complexity index is 607. The van der Waals surface area contributed by atoms with Gasteiger partial charge in [0.15, 0.2) is 11.2 Å². The van der Waals surface area contributed by atoms with Crippen molar-refractivity contribution in [2.45, 2.75) is 25.5 Å². The summed E-state index contributed by atoms with van der Waals surface area (Å²) in [6, 6.07) is 0. The number of nitrogens with two attached hydrogens (primary N) is 1. The third kappa shape index (κ3) is 1.51. The molecule has 2 aromatic rings. The Morgan fingerprint density at radius 3 is 2.94 bits per heavy atom. The van der Waals surface area contributed by atoms with Crippen molar-refractivity contribution >= 4 is 17.1 Å². The van der Waals surface area contributed by atoms with Crippen LogP contribution >= 0.6 is 0 Å². The minimum Gasteiger partial charge on any atom is -0.492 e. The molecule has 1 fully saturated rings. The molecule has 18 heavy (non-hydrogen) atoms. The van der Waals surface area contributed by atoms with E-state index in [9.17, 15) is 5.11 Å². The topological polar surface area (TPSA) is 99.1 Å². The molecule has 0 aliphatic heterocycles. The monoisotopic (exact) mass is 249 g/mol. The number of fused-ring (bicyclic) bond motifs is 1. The zero-order chi connectivity index (χ0) is 12.9. The maximum Gasteiger partial charge on any atom is 0.244 e. The highest BCUT2D eigenvalue weighted by Crippen LogP contribution is 2.47. The summed E-state index contributed by atoms with van der Waals surface area (Å²) in [4.78, 5) is 11.9. The van der Waals surface area contributed by atoms with Crippen LogP contribution in [0.1, 0.15) is 13.3 Å². The number of rotatable bonds is 3. The number of hydrogen-bond donors (Lipinski definition) is 2. The fourth-order valence-corrected chi connectivity index (χ4v) is 2.38. The first-order valence-electron chi connectivity index (χ1n) is 5.78. The summed E-state index contributed by atoms with van der Waals surface area (Å²) in [7, 11) is 1.71. The van der Waals surface area contributed by atoms with Crippen LogP contribution in [0.4, 0.5) is 5.95 Å². The van der Waals surface area contributed by atoms with E-state index < -0.39 is 0 Å². The van der Waals surface area contributed by atoms with Gasteiger partial charge in [0.1, 0.15) is 0 Å². The van der Waals surface area contributed by atoms with Gasteiger partial charge in [0.2, 0.25) is 11.8 Å². The van der Waals surface area contributed by atoms with Crippen molar-refractivity contribution in [3.8, 4) is 5.88 Å². The predicted molar refractivity (Wildman–Crippen MR) is 64.9 cm³/mol. The van der Waals surface area contributed by atoms with Crippen molar-refractivity contribution in [3.63, 3.8) is 0 Å². The van der Waals surface area contributed by atoms with Crippen molar-refractivity contribution in [1.29, 1.82) is 0 Å². The average Bonchev–Trinajstić information content (AvgIpc) is 2.77. The summed E-state index contributed by atoms with van der Waals surface area (Å²) in [5.74, 6) is 0.358. The Morgan fingerprint density at radius 2 is 2.33 bits per heavy atom. The number of nitrogen functional groups attached to an aromatic ring is 1. The smallest absolute Gasteiger partial charge is 0.244 e. The summed E-state index contributed by atoms with van der Waals surface area (Å²) in [6.07, 6.45) is 2.64. The molecule has 2 unspecified atom stereocenters. The van der Waals surface area contributed by atoms with E-state index in [0.717, 1.165) is 6.42 Å². The standard InChI is InChI=1S/C11H15N5O2/c1-6-3-11(6,18-2)4-16-5-13-7-8(16)14-10(12)15-9(7)17/h5-6H,3-4H2,1-2H3,(H3,12,14,15,17). The van der Waals surface area contributed by atoms with Crippen molar-refractivity contribution in [1.82, 2.24) is 19.5 Å². The third-order valence-electron chi connectivity index (χ3n) is 3.70. The molecule has 2 heterocycles. The first-order chi connectivity index (χ1) is 8.55. The SMILES string of the molecule is COC1(Cn2cnc3c(O)nc(N)nc32)CC1C. The number of aromatic nitrogens is 4. The summed E-state index contributed by atoms with van der Waals surface area (Å²) < 4.78 is 7.41. The van der Waals surface area contributed by atoms with Crippen molar-refractivity contribution in [2.24, 2.45) is 5.92 Å². The first-order valence-corrected chi connectivity index (χ1v) is 5.78. The summed E-state index contributed by atoms with van der Waals surface area (Å²) in [5.41, 5.74) is 6.29. The van der Waals surface area contributed by atoms with E-state index in [-0.39, 0.29) is 17.4 Å². The second-order valence-corrected chi connectivity index (χ2v) is 4.82. The predicted octanol–water partition coefficient (Wildman–Crippen LogP) is 0.539. The lowest BCUT2D eigenvalue weighted by Crippen LogP contribution is -2.22. The lowest BCUT2D eigenvalue weighted by molar-refractivity contribution is 0.0535. The Morgan fingerprint density at radius 1 is 1.61 bits per heavy atom. The normalized spacial score (nSPS) is 26.7. The highest BCUT2D eigenvalue weighted by molar-refractivity contribution is 5.77. The van der Waals surface area contributed by atoms with Gasteiger partial charge in [0.25, 0.3) is 0 Å². The van der Waals surface area contributed by atoms with Crippen LogP contribution in [0, 0.1) is 5.92 Å². The number of methoxy groups -OCH3 is 1. The Hall–Kier alpha value is -1.89. The van der Waals surface area contributed by atoms with E-state index in [2.05, 4.69) is 21.9 Å². The Balaban J connectivity index is 2.03. The first kappa shape index (κ1) is 11.2. The van der Waals surface area contributed by atoms with Crippen LogP contribution < -0.4 is 5.73 Å². The molecule has 7 heteroatoms. The molecule has 96 valence electrons. The minimum absolute atomic E-state index is 0.0389. The molecular weight excluding hydrogens is 234 g/mol. The van der Waals surface area contributed by atoms with E-state index in [4.69, 9.17) is 10.5 Å². The molecule has 1 aliphatic carbocycles.